The summed E-state index contributed by atoms with van der Waals surface area (Å²) in [5, 5.41) is 8.88. The number of hydrogen-bond donors (Lipinski definition) is 1. The molecule has 0 unspecified atom stereocenters. The first-order valence-corrected chi connectivity index (χ1v) is 5.61. The fourth-order valence-electron chi connectivity index (χ4n) is 0.841. The lowest BCUT2D eigenvalue weighted by Gasteiger charge is -1.99. The van der Waals surface area contributed by atoms with Gasteiger partial charge in [0.15, 0.2) is 0 Å². The SMILES string of the molecule is O=C(O)CCSCc1ccc(Cl)nc1. The van der Waals surface area contributed by atoms with E-state index in [-0.39, 0.29) is 6.42 Å². The third-order valence-corrected chi connectivity index (χ3v) is 2.77. The zero-order chi connectivity index (χ0) is 10.4. The van der Waals surface area contributed by atoms with Crippen molar-refractivity contribution in [2.45, 2.75) is 12.2 Å². The first-order chi connectivity index (χ1) is 6.68. The lowest BCUT2D eigenvalue weighted by Crippen LogP contribution is -1.96. The van der Waals surface area contributed by atoms with Gasteiger partial charge in [0.1, 0.15) is 5.15 Å². The van der Waals surface area contributed by atoms with Gasteiger partial charge < -0.3 is 5.11 Å². The summed E-state index contributed by atoms with van der Waals surface area (Å²) in [6.45, 7) is 0. The molecule has 0 saturated carbocycles. The minimum Gasteiger partial charge on any atom is -0.481 e. The van der Waals surface area contributed by atoms with Crippen LogP contribution < -0.4 is 0 Å². The van der Waals surface area contributed by atoms with Crippen LogP contribution in [0.15, 0.2) is 18.3 Å². The number of aliphatic carboxylic acids is 1. The monoisotopic (exact) mass is 231 g/mol. The molecule has 0 atom stereocenters. The Bertz CT molecular complexity index is 302. The Morgan fingerprint density at radius 3 is 2.93 bits per heavy atom. The number of rotatable bonds is 5. The Morgan fingerprint density at radius 1 is 1.57 bits per heavy atom. The third-order valence-electron chi connectivity index (χ3n) is 1.52. The molecule has 1 N–H and O–H groups in total. The quantitative estimate of drug-likeness (QED) is 0.625. The van der Waals surface area contributed by atoms with Gasteiger partial charge in [0.25, 0.3) is 0 Å². The second-order valence-corrected chi connectivity index (χ2v) is 4.18. The van der Waals surface area contributed by atoms with E-state index in [9.17, 15) is 4.79 Å². The predicted molar refractivity (Wildman–Crippen MR) is 57.7 cm³/mol. The number of carbonyl (C=O) groups is 1. The van der Waals surface area contributed by atoms with Crippen molar-refractivity contribution in [3.8, 4) is 0 Å². The zero-order valence-corrected chi connectivity index (χ0v) is 9.01. The fraction of sp³-hybridized carbons (Fsp3) is 0.333. The van der Waals surface area contributed by atoms with Crippen molar-refractivity contribution in [3.05, 3.63) is 29.0 Å². The first-order valence-electron chi connectivity index (χ1n) is 4.08. The van der Waals surface area contributed by atoms with E-state index in [4.69, 9.17) is 16.7 Å². The molecule has 0 spiro atoms. The molecule has 0 aromatic carbocycles. The molecule has 0 bridgehead atoms. The average molecular weight is 232 g/mol. The Kier molecular flexibility index (Phi) is 4.76. The van der Waals surface area contributed by atoms with Crippen LogP contribution in [0.4, 0.5) is 0 Å². The molecule has 1 aromatic heterocycles. The Labute approximate surface area is 91.5 Å². The summed E-state index contributed by atoms with van der Waals surface area (Å²) in [5.41, 5.74) is 1.06. The van der Waals surface area contributed by atoms with Crippen molar-refractivity contribution in [1.29, 1.82) is 0 Å². The molecule has 0 aliphatic rings. The smallest absolute Gasteiger partial charge is 0.304 e. The summed E-state index contributed by atoms with van der Waals surface area (Å²) in [4.78, 5) is 14.1. The highest BCUT2D eigenvalue weighted by Gasteiger charge is 1.98. The molecule has 1 rings (SSSR count). The molecule has 3 nitrogen and oxygen atoms in total. The van der Waals surface area contributed by atoms with Gasteiger partial charge in [0.2, 0.25) is 0 Å². The van der Waals surface area contributed by atoms with Gasteiger partial charge in [0, 0.05) is 17.7 Å². The second kappa shape index (κ2) is 5.88. The molecule has 14 heavy (non-hydrogen) atoms. The van der Waals surface area contributed by atoms with Crippen molar-refractivity contribution in [2.75, 3.05) is 5.75 Å². The number of halogens is 1. The van der Waals surface area contributed by atoms with Crippen LogP contribution in [0.25, 0.3) is 0 Å². The molecule has 1 heterocycles. The number of pyridine rings is 1. The number of thioether (sulfide) groups is 1. The standard InChI is InChI=1S/C9H10ClNO2S/c10-8-2-1-7(5-11-8)6-14-4-3-9(12)13/h1-2,5H,3-4,6H2,(H,12,13). The summed E-state index contributed by atoms with van der Waals surface area (Å²) in [6.07, 6.45) is 1.90. The van der Waals surface area contributed by atoms with E-state index in [2.05, 4.69) is 4.98 Å². The topological polar surface area (TPSA) is 50.2 Å². The lowest BCUT2D eigenvalue weighted by atomic mass is 10.3. The number of hydrogen-bond acceptors (Lipinski definition) is 3. The van der Waals surface area contributed by atoms with Crippen LogP contribution in [0.3, 0.4) is 0 Å². The summed E-state index contributed by atoms with van der Waals surface area (Å²) in [5.74, 6) is 0.641. The number of aromatic nitrogens is 1. The van der Waals surface area contributed by atoms with E-state index in [1.54, 1.807) is 24.0 Å². The van der Waals surface area contributed by atoms with Crippen molar-refractivity contribution < 1.29 is 9.90 Å². The second-order valence-electron chi connectivity index (χ2n) is 2.69. The molecule has 5 heteroatoms. The van der Waals surface area contributed by atoms with Crippen LogP contribution in [-0.4, -0.2) is 21.8 Å². The van der Waals surface area contributed by atoms with Crippen LogP contribution in [0.5, 0.6) is 0 Å². The molecular formula is C9H10ClNO2S. The molecule has 0 amide bonds. The number of nitrogens with zero attached hydrogens (tertiary/aromatic N) is 1. The van der Waals surface area contributed by atoms with E-state index in [1.807, 2.05) is 6.07 Å². The first kappa shape index (κ1) is 11.3. The molecule has 0 aliphatic carbocycles. The van der Waals surface area contributed by atoms with Gasteiger partial charge in [0.05, 0.1) is 6.42 Å². The molecule has 0 fully saturated rings. The van der Waals surface area contributed by atoms with Gasteiger partial charge in [-0.15, -0.1) is 0 Å². The lowest BCUT2D eigenvalue weighted by molar-refractivity contribution is -0.136. The van der Waals surface area contributed by atoms with Crippen LogP contribution >= 0.6 is 23.4 Å². The van der Waals surface area contributed by atoms with Crippen molar-refractivity contribution in [2.24, 2.45) is 0 Å². The van der Waals surface area contributed by atoms with E-state index in [0.29, 0.717) is 10.9 Å². The molecule has 1 aromatic rings. The highest BCUT2D eigenvalue weighted by molar-refractivity contribution is 7.98. The van der Waals surface area contributed by atoms with E-state index < -0.39 is 5.97 Å². The fourth-order valence-corrected chi connectivity index (χ4v) is 1.82. The Hall–Kier alpha value is -0.740. The van der Waals surface area contributed by atoms with Gasteiger partial charge in [-0.3, -0.25) is 4.79 Å². The highest BCUT2D eigenvalue weighted by Crippen LogP contribution is 2.13. The van der Waals surface area contributed by atoms with Crippen LogP contribution in [0.2, 0.25) is 5.15 Å². The zero-order valence-electron chi connectivity index (χ0n) is 7.44. The van der Waals surface area contributed by atoms with Crippen LogP contribution in [0, 0.1) is 0 Å². The van der Waals surface area contributed by atoms with E-state index in [0.717, 1.165) is 11.3 Å². The summed E-state index contributed by atoms with van der Waals surface area (Å²) < 4.78 is 0. The number of carboxylic acid groups (broad SMARTS) is 1. The van der Waals surface area contributed by atoms with Crippen molar-refractivity contribution in [3.63, 3.8) is 0 Å². The summed E-state index contributed by atoms with van der Waals surface area (Å²) in [7, 11) is 0. The normalized spacial score (nSPS) is 10.1. The average Bonchev–Trinajstić information content (AvgIpc) is 2.15. The van der Waals surface area contributed by atoms with E-state index in [1.165, 1.54) is 0 Å². The van der Waals surface area contributed by atoms with Gasteiger partial charge in [-0.1, -0.05) is 17.7 Å². The number of carboxylic acids is 1. The Morgan fingerprint density at radius 2 is 2.36 bits per heavy atom. The summed E-state index contributed by atoms with van der Waals surface area (Å²) >= 11 is 7.20. The van der Waals surface area contributed by atoms with Gasteiger partial charge in [-0.05, 0) is 11.6 Å². The molecule has 0 radical (unpaired) electrons. The summed E-state index contributed by atoms with van der Waals surface area (Å²) in [6, 6.07) is 3.62. The maximum Gasteiger partial charge on any atom is 0.304 e. The van der Waals surface area contributed by atoms with E-state index >= 15 is 0 Å². The minimum atomic E-state index is -0.758. The van der Waals surface area contributed by atoms with Crippen molar-refractivity contribution in [1.82, 2.24) is 4.98 Å². The van der Waals surface area contributed by atoms with Gasteiger partial charge in [-0.2, -0.15) is 11.8 Å². The largest absolute Gasteiger partial charge is 0.481 e. The minimum absolute atomic E-state index is 0.200. The van der Waals surface area contributed by atoms with Crippen molar-refractivity contribution >= 4 is 29.3 Å². The Balaban J connectivity index is 2.25. The molecular weight excluding hydrogens is 222 g/mol. The highest BCUT2D eigenvalue weighted by atomic mass is 35.5. The van der Waals surface area contributed by atoms with Crippen LogP contribution in [0.1, 0.15) is 12.0 Å². The molecule has 76 valence electrons. The maximum atomic E-state index is 10.2. The maximum absolute atomic E-state index is 10.2. The molecule has 0 saturated heterocycles. The van der Waals surface area contributed by atoms with Crippen LogP contribution in [-0.2, 0) is 10.5 Å². The van der Waals surface area contributed by atoms with Gasteiger partial charge >= 0.3 is 5.97 Å². The molecule has 0 aliphatic heterocycles. The van der Waals surface area contributed by atoms with Gasteiger partial charge in [-0.25, -0.2) is 4.98 Å². The predicted octanol–water partition coefficient (Wildman–Crippen LogP) is 2.44. The third kappa shape index (κ3) is 4.48.